The molecule has 9 heteroatoms. The SMILES string of the molecule is COC(=O)[C@H]([C@@H](Br)c1ccc(OC(C)=O)c(I)c1)N1C(=O)c2ccccc2C1=O. The van der Waals surface area contributed by atoms with Crippen LogP contribution in [0.3, 0.4) is 0 Å². The molecule has 0 radical (unpaired) electrons. The molecule has 0 N–H and O–H groups in total. The highest BCUT2D eigenvalue weighted by atomic mass is 127. The first-order chi connectivity index (χ1) is 13.8. The van der Waals surface area contributed by atoms with E-state index in [0.717, 1.165) is 4.90 Å². The minimum atomic E-state index is -1.22. The normalized spacial score (nSPS) is 15.0. The molecule has 0 spiro atoms. The van der Waals surface area contributed by atoms with Crippen LogP contribution >= 0.6 is 38.5 Å². The van der Waals surface area contributed by atoms with Gasteiger partial charge in [0.25, 0.3) is 11.8 Å². The van der Waals surface area contributed by atoms with Crippen LogP contribution < -0.4 is 4.74 Å². The molecule has 150 valence electrons. The molecule has 2 amide bonds. The zero-order valence-electron chi connectivity index (χ0n) is 15.3. The standard InChI is InChI=1S/C20H15BrINO6/c1-10(24)29-15-8-7-11(9-14(15)22)16(21)17(20(27)28-2)23-18(25)12-5-3-4-6-13(12)19(23)26/h3-9,16-17H,1-2H3/t16-,17-/m0/s1. The summed E-state index contributed by atoms with van der Waals surface area (Å²) in [4.78, 5) is 49.7. The molecule has 1 aliphatic rings. The van der Waals surface area contributed by atoms with E-state index in [2.05, 4.69) is 15.9 Å². The lowest BCUT2D eigenvalue weighted by Crippen LogP contribution is -2.47. The molecule has 0 saturated heterocycles. The maximum absolute atomic E-state index is 12.9. The summed E-state index contributed by atoms with van der Waals surface area (Å²) in [5.74, 6) is -1.93. The third-order valence-corrected chi connectivity index (χ3v) is 6.22. The van der Waals surface area contributed by atoms with Gasteiger partial charge >= 0.3 is 11.9 Å². The Morgan fingerprint density at radius 2 is 1.66 bits per heavy atom. The van der Waals surface area contributed by atoms with Crippen molar-refractivity contribution in [2.24, 2.45) is 0 Å². The molecule has 29 heavy (non-hydrogen) atoms. The minimum Gasteiger partial charge on any atom is -0.467 e. The van der Waals surface area contributed by atoms with Gasteiger partial charge in [-0.2, -0.15) is 0 Å². The number of nitrogens with zero attached hydrogens (tertiary/aromatic N) is 1. The first-order valence-corrected chi connectivity index (χ1v) is 10.4. The Balaban J connectivity index is 1.99. The zero-order chi connectivity index (χ0) is 21.3. The number of ether oxygens (including phenoxy) is 2. The number of carbonyl (C=O) groups excluding carboxylic acids is 4. The van der Waals surface area contributed by atoms with Crippen molar-refractivity contribution in [1.82, 2.24) is 4.90 Å². The summed E-state index contributed by atoms with van der Waals surface area (Å²) >= 11 is 5.45. The van der Waals surface area contributed by atoms with Gasteiger partial charge in [0.1, 0.15) is 5.75 Å². The molecule has 2 atom stereocenters. The molecule has 1 aliphatic heterocycles. The summed E-state index contributed by atoms with van der Waals surface area (Å²) in [6.45, 7) is 1.30. The molecule has 2 aromatic carbocycles. The molecule has 0 aromatic heterocycles. The number of rotatable bonds is 5. The van der Waals surface area contributed by atoms with E-state index >= 15 is 0 Å². The van der Waals surface area contributed by atoms with Gasteiger partial charge < -0.3 is 9.47 Å². The predicted octanol–water partition coefficient (Wildman–Crippen LogP) is 3.49. The molecule has 0 unspecified atom stereocenters. The van der Waals surface area contributed by atoms with Crippen molar-refractivity contribution in [2.45, 2.75) is 17.8 Å². The summed E-state index contributed by atoms with van der Waals surface area (Å²) in [5.41, 5.74) is 1.09. The van der Waals surface area contributed by atoms with Gasteiger partial charge in [0.2, 0.25) is 0 Å². The monoisotopic (exact) mass is 571 g/mol. The molecular formula is C20H15BrINO6. The average molecular weight is 572 g/mol. The van der Waals surface area contributed by atoms with Crippen molar-refractivity contribution in [3.8, 4) is 5.75 Å². The lowest BCUT2D eigenvalue weighted by Gasteiger charge is -2.28. The number of esters is 2. The van der Waals surface area contributed by atoms with Gasteiger partial charge in [-0.3, -0.25) is 19.3 Å². The lowest BCUT2D eigenvalue weighted by atomic mass is 10.0. The third kappa shape index (κ3) is 4.06. The highest BCUT2D eigenvalue weighted by molar-refractivity contribution is 14.1. The van der Waals surface area contributed by atoms with Crippen molar-refractivity contribution < 1.29 is 28.7 Å². The molecule has 7 nitrogen and oxygen atoms in total. The highest BCUT2D eigenvalue weighted by Gasteiger charge is 2.46. The number of halogens is 2. The number of hydrogen-bond donors (Lipinski definition) is 0. The fourth-order valence-corrected chi connectivity index (χ4v) is 4.43. The summed E-state index contributed by atoms with van der Waals surface area (Å²) in [5, 5.41) is 0. The van der Waals surface area contributed by atoms with Crippen LogP contribution in [0.15, 0.2) is 42.5 Å². The second-order valence-electron chi connectivity index (χ2n) is 6.18. The summed E-state index contributed by atoms with van der Waals surface area (Å²) in [6, 6.07) is 10.1. The van der Waals surface area contributed by atoms with Crippen molar-refractivity contribution in [1.29, 1.82) is 0 Å². The maximum atomic E-state index is 12.9. The van der Waals surface area contributed by atoms with Crippen LogP contribution in [0.1, 0.15) is 38.0 Å². The Kier molecular flexibility index (Phi) is 6.37. The Hall–Kier alpha value is -2.27. The maximum Gasteiger partial charge on any atom is 0.330 e. The third-order valence-electron chi connectivity index (χ3n) is 4.35. The van der Waals surface area contributed by atoms with Crippen LogP contribution in [-0.4, -0.2) is 41.8 Å². The summed E-state index contributed by atoms with van der Waals surface area (Å²) in [7, 11) is 1.20. The van der Waals surface area contributed by atoms with Gasteiger partial charge in [0.05, 0.1) is 26.6 Å². The van der Waals surface area contributed by atoms with E-state index in [4.69, 9.17) is 9.47 Å². The van der Waals surface area contributed by atoms with E-state index in [1.54, 1.807) is 42.5 Å². The summed E-state index contributed by atoms with van der Waals surface area (Å²) in [6.07, 6.45) is 0. The summed E-state index contributed by atoms with van der Waals surface area (Å²) < 4.78 is 10.6. The van der Waals surface area contributed by atoms with E-state index in [1.807, 2.05) is 22.6 Å². The van der Waals surface area contributed by atoms with E-state index in [-0.39, 0.29) is 11.1 Å². The minimum absolute atomic E-state index is 0.242. The number of alkyl halides is 1. The van der Waals surface area contributed by atoms with Crippen LogP contribution in [0.25, 0.3) is 0 Å². The molecule has 1 heterocycles. The van der Waals surface area contributed by atoms with Crippen molar-refractivity contribution in [3.63, 3.8) is 0 Å². The van der Waals surface area contributed by atoms with Crippen LogP contribution in [0.4, 0.5) is 0 Å². The predicted molar refractivity (Wildman–Crippen MR) is 115 cm³/mol. The second kappa shape index (κ2) is 8.62. The number of imide groups is 1. The van der Waals surface area contributed by atoms with Gasteiger partial charge in [-0.05, 0) is 52.4 Å². The lowest BCUT2D eigenvalue weighted by molar-refractivity contribution is -0.145. The van der Waals surface area contributed by atoms with Crippen LogP contribution in [-0.2, 0) is 14.3 Å². The largest absolute Gasteiger partial charge is 0.467 e. The molecular weight excluding hydrogens is 557 g/mol. The van der Waals surface area contributed by atoms with Gasteiger partial charge in [0.15, 0.2) is 6.04 Å². The fraction of sp³-hybridized carbons (Fsp3) is 0.200. The molecule has 0 saturated carbocycles. The molecule has 0 aliphatic carbocycles. The van der Waals surface area contributed by atoms with Crippen molar-refractivity contribution >= 4 is 62.3 Å². The Labute approximate surface area is 188 Å². The van der Waals surface area contributed by atoms with Crippen LogP contribution in [0, 0.1) is 3.57 Å². The van der Waals surface area contributed by atoms with Crippen LogP contribution in [0.5, 0.6) is 5.75 Å². The number of hydrogen-bond acceptors (Lipinski definition) is 6. The fourth-order valence-electron chi connectivity index (χ4n) is 3.05. The first kappa shape index (κ1) is 21.4. The average Bonchev–Trinajstić information content (AvgIpc) is 2.94. The van der Waals surface area contributed by atoms with E-state index in [0.29, 0.717) is 14.9 Å². The smallest absolute Gasteiger partial charge is 0.330 e. The van der Waals surface area contributed by atoms with E-state index in [9.17, 15) is 19.2 Å². The number of amides is 2. The first-order valence-electron chi connectivity index (χ1n) is 8.43. The van der Waals surface area contributed by atoms with Gasteiger partial charge in [-0.15, -0.1) is 0 Å². The number of fused-ring (bicyclic) bond motifs is 1. The van der Waals surface area contributed by atoms with E-state index < -0.39 is 34.6 Å². The zero-order valence-corrected chi connectivity index (χ0v) is 19.1. The Bertz CT molecular complexity index is 989. The topological polar surface area (TPSA) is 90.0 Å². The van der Waals surface area contributed by atoms with Crippen LogP contribution in [0.2, 0.25) is 0 Å². The number of methoxy groups -OCH3 is 1. The van der Waals surface area contributed by atoms with Gasteiger partial charge in [0, 0.05) is 6.92 Å². The van der Waals surface area contributed by atoms with Crippen molar-refractivity contribution in [2.75, 3.05) is 7.11 Å². The van der Waals surface area contributed by atoms with E-state index in [1.165, 1.54) is 14.0 Å². The molecule has 0 bridgehead atoms. The second-order valence-corrected chi connectivity index (χ2v) is 8.33. The Morgan fingerprint density at radius 3 is 2.14 bits per heavy atom. The molecule has 0 fully saturated rings. The number of benzene rings is 2. The molecule has 2 aromatic rings. The number of carbonyl (C=O) groups is 4. The molecule has 3 rings (SSSR count). The highest BCUT2D eigenvalue weighted by Crippen LogP contribution is 2.37. The quantitative estimate of drug-likeness (QED) is 0.179. The Morgan fingerprint density at radius 1 is 1.07 bits per heavy atom. The van der Waals surface area contributed by atoms with Gasteiger partial charge in [-0.1, -0.05) is 34.1 Å². The van der Waals surface area contributed by atoms with Gasteiger partial charge in [-0.25, -0.2) is 4.79 Å². The van der Waals surface area contributed by atoms with Crippen molar-refractivity contribution in [3.05, 3.63) is 62.7 Å².